The summed E-state index contributed by atoms with van der Waals surface area (Å²) in [5.41, 5.74) is -0.0713. The molecule has 0 radical (unpaired) electrons. The standard InChI is InChI=1S/C15H11F3N2O2S2/c1-8-7-11-12(9-3-5-10(6-4-9)15(16,17)18)19-14(24(2,21)22)20-13(11)23-8/h3-7H,1-2H3. The molecule has 0 atom stereocenters. The van der Waals surface area contributed by atoms with E-state index in [1.165, 1.54) is 23.5 Å². The van der Waals surface area contributed by atoms with Gasteiger partial charge in [-0.1, -0.05) is 12.1 Å². The van der Waals surface area contributed by atoms with Gasteiger partial charge in [0, 0.05) is 22.1 Å². The molecule has 1 aromatic carbocycles. The van der Waals surface area contributed by atoms with E-state index in [9.17, 15) is 21.6 Å². The fraction of sp³-hybridized carbons (Fsp3) is 0.200. The first kappa shape index (κ1) is 16.8. The van der Waals surface area contributed by atoms with Gasteiger partial charge in [-0.3, -0.25) is 0 Å². The van der Waals surface area contributed by atoms with E-state index < -0.39 is 21.6 Å². The number of alkyl halides is 3. The number of aromatic nitrogens is 2. The number of nitrogens with zero attached hydrogens (tertiary/aromatic N) is 2. The number of thiophene rings is 1. The Morgan fingerprint density at radius 3 is 2.25 bits per heavy atom. The Morgan fingerprint density at radius 1 is 1.08 bits per heavy atom. The van der Waals surface area contributed by atoms with Crippen LogP contribution in [0.4, 0.5) is 13.2 Å². The van der Waals surface area contributed by atoms with Gasteiger partial charge in [-0.25, -0.2) is 18.4 Å². The van der Waals surface area contributed by atoms with Gasteiger partial charge >= 0.3 is 6.18 Å². The lowest BCUT2D eigenvalue weighted by atomic mass is 10.1. The van der Waals surface area contributed by atoms with Crippen molar-refractivity contribution in [3.05, 3.63) is 40.8 Å². The van der Waals surface area contributed by atoms with Gasteiger partial charge in [0.1, 0.15) is 4.83 Å². The lowest BCUT2D eigenvalue weighted by Gasteiger charge is -2.09. The molecule has 0 aliphatic rings. The van der Waals surface area contributed by atoms with E-state index in [-0.39, 0.29) is 5.16 Å². The highest BCUT2D eigenvalue weighted by Crippen LogP contribution is 2.34. The molecule has 0 saturated carbocycles. The maximum Gasteiger partial charge on any atom is 0.416 e. The smallest absolute Gasteiger partial charge is 0.221 e. The van der Waals surface area contributed by atoms with Gasteiger partial charge in [-0.05, 0) is 25.1 Å². The molecular weight excluding hydrogens is 361 g/mol. The second-order valence-corrected chi connectivity index (χ2v) is 8.42. The summed E-state index contributed by atoms with van der Waals surface area (Å²) in [5.74, 6) is 0. The van der Waals surface area contributed by atoms with E-state index in [2.05, 4.69) is 9.97 Å². The van der Waals surface area contributed by atoms with Crippen molar-refractivity contribution in [1.82, 2.24) is 9.97 Å². The zero-order valence-corrected chi connectivity index (χ0v) is 14.2. The predicted molar refractivity (Wildman–Crippen MR) is 85.7 cm³/mol. The van der Waals surface area contributed by atoms with Crippen molar-refractivity contribution in [3.8, 4) is 11.3 Å². The first-order valence-electron chi connectivity index (χ1n) is 6.71. The van der Waals surface area contributed by atoms with Gasteiger partial charge in [-0.15, -0.1) is 11.3 Å². The quantitative estimate of drug-likeness (QED) is 0.636. The molecule has 9 heteroatoms. The Morgan fingerprint density at radius 2 is 1.71 bits per heavy atom. The SMILES string of the molecule is Cc1cc2c(-c3ccc(C(F)(F)F)cc3)nc(S(C)(=O)=O)nc2s1. The minimum Gasteiger partial charge on any atom is -0.221 e. The minimum absolute atomic E-state index is 0.304. The summed E-state index contributed by atoms with van der Waals surface area (Å²) in [6.07, 6.45) is -3.44. The van der Waals surface area contributed by atoms with Crippen LogP contribution in [0.5, 0.6) is 0 Å². The summed E-state index contributed by atoms with van der Waals surface area (Å²) < 4.78 is 61.7. The molecule has 0 unspecified atom stereocenters. The van der Waals surface area contributed by atoms with Gasteiger partial charge in [0.05, 0.1) is 11.3 Å². The van der Waals surface area contributed by atoms with Gasteiger partial charge in [0.2, 0.25) is 15.0 Å². The van der Waals surface area contributed by atoms with E-state index in [1.54, 1.807) is 6.07 Å². The lowest BCUT2D eigenvalue weighted by molar-refractivity contribution is -0.137. The van der Waals surface area contributed by atoms with E-state index in [0.717, 1.165) is 23.3 Å². The molecule has 3 rings (SSSR count). The number of halogens is 3. The van der Waals surface area contributed by atoms with Crippen LogP contribution in [0, 0.1) is 6.92 Å². The van der Waals surface area contributed by atoms with Gasteiger partial charge in [0.25, 0.3) is 0 Å². The minimum atomic E-state index is -4.43. The van der Waals surface area contributed by atoms with Crippen molar-refractivity contribution >= 4 is 31.4 Å². The summed E-state index contributed by atoms with van der Waals surface area (Å²) in [6.45, 7) is 1.84. The van der Waals surface area contributed by atoms with Crippen LogP contribution in [0.25, 0.3) is 21.5 Å². The summed E-state index contributed by atoms with van der Waals surface area (Å²) in [4.78, 5) is 9.51. The number of benzene rings is 1. The molecule has 2 heterocycles. The second-order valence-electron chi connectivity index (χ2n) is 5.28. The van der Waals surface area contributed by atoms with Crippen molar-refractivity contribution in [2.45, 2.75) is 18.3 Å². The topological polar surface area (TPSA) is 59.9 Å². The average molecular weight is 372 g/mol. The van der Waals surface area contributed by atoms with E-state index in [4.69, 9.17) is 0 Å². The van der Waals surface area contributed by atoms with Crippen LogP contribution < -0.4 is 0 Å². The Labute approximate surface area is 139 Å². The van der Waals surface area contributed by atoms with Crippen LogP contribution in [0.15, 0.2) is 35.5 Å². The average Bonchev–Trinajstić information content (AvgIpc) is 2.84. The highest BCUT2D eigenvalue weighted by Gasteiger charge is 2.30. The Bertz CT molecular complexity index is 1020. The van der Waals surface area contributed by atoms with E-state index >= 15 is 0 Å². The van der Waals surface area contributed by atoms with Crippen LogP contribution >= 0.6 is 11.3 Å². The first-order chi connectivity index (χ1) is 11.1. The molecule has 0 fully saturated rings. The van der Waals surface area contributed by atoms with Gasteiger partial charge in [0.15, 0.2) is 0 Å². The molecular formula is C15H11F3N2O2S2. The molecule has 0 saturated heterocycles. The summed E-state index contributed by atoms with van der Waals surface area (Å²) in [7, 11) is -3.64. The monoisotopic (exact) mass is 372 g/mol. The Balaban J connectivity index is 2.24. The van der Waals surface area contributed by atoms with Crippen LogP contribution in [0.3, 0.4) is 0 Å². The third kappa shape index (κ3) is 3.13. The Kier molecular flexibility index (Phi) is 3.88. The van der Waals surface area contributed by atoms with Gasteiger partial charge in [-0.2, -0.15) is 13.2 Å². The molecule has 126 valence electrons. The molecule has 0 spiro atoms. The number of rotatable bonds is 2. The molecule has 0 aliphatic carbocycles. The largest absolute Gasteiger partial charge is 0.416 e. The molecule has 2 aromatic heterocycles. The first-order valence-corrected chi connectivity index (χ1v) is 9.42. The van der Waals surface area contributed by atoms with Gasteiger partial charge < -0.3 is 0 Å². The molecule has 0 N–H and O–H groups in total. The third-order valence-electron chi connectivity index (χ3n) is 3.31. The molecule has 0 amide bonds. The maximum atomic E-state index is 12.7. The number of aryl methyl sites for hydroxylation is 1. The fourth-order valence-corrected chi connectivity index (χ4v) is 3.68. The molecule has 0 aliphatic heterocycles. The molecule has 24 heavy (non-hydrogen) atoms. The van der Waals surface area contributed by atoms with Crippen molar-refractivity contribution in [3.63, 3.8) is 0 Å². The van der Waals surface area contributed by atoms with Crippen LogP contribution in [-0.4, -0.2) is 24.6 Å². The van der Waals surface area contributed by atoms with Crippen molar-refractivity contribution in [1.29, 1.82) is 0 Å². The molecule has 3 aromatic rings. The predicted octanol–water partition coefficient (Wildman–Crippen LogP) is 4.09. The number of sulfone groups is 1. The highest BCUT2D eigenvalue weighted by atomic mass is 32.2. The zero-order valence-electron chi connectivity index (χ0n) is 12.5. The number of fused-ring (bicyclic) bond motifs is 1. The third-order valence-corrected chi connectivity index (χ3v) is 5.10. The molecule has 0 bridgehead atoms. The van der Waals surface area contributed by atoms with Crippen LogP contribution in [0.1, 0.15) is 10.4 Å². The highest BCUT2D eigenvalue weighted by molar-refractivity contribution is 7.90. The normalized spacial score (nSPS) is 12.7. The summed E-state index contributed by atoms with van der Waals surface area (Å²) in [6, 6.07) is 6.25. The summed E-state index contributed by atoms with van der Waals surface area (Å²) in [5, 5.41) is 0.274. The zero-order chi connectivity index (χ0) is 17.7. The maximum absolute atomic E-state index is 12.7. The van der Waals surface area contributed by atoms with Crippen molar-refractivity contribution in [2.24, 2.45) is 0 Å². The van der Waals surface area contributed by atoms with Crippen LogP contribution in [-0.2, 0) is 16.0 Å². The lowest BCUT2D eigenvalue weighted by Crippen LogP contribution is -2.06. The molecule has 4 nitrogen and oxygen atoms in total. The van der Waals surface area contributed by atoms with E-state index in [1.807, 2.05) is 6.92 Å². The van der Waals surface area contributed by atoms with Crippen molar-refractivity contribution < 1.29 is 21.6 Å². The second kappa shape index (κ2) is 5.52. The number of hydrogen-bond acceptors (Lipinski definition) is 5. The number of hydrogen-bond donors (Lipinski definition) is 0. The van der Waals surface area contributed by atoms with Crippen molar-refractivity contribution in [2.75, 3.05) is 6.26 Å². The van der Waals surface area contributed by atoms with Crippen LogP contribution in [0.2, 0.25) is 0 Å². The fourth-order valence-electron chi connectivity index (χ4n) is 2.23. The van der Waals surface area contributed by atoms with E-state index in [0.29, 0.717) is 21.5 Å². The Hall–Kier alpha value is -2.00. The summed E-state index contributed by atoms with van der Waals surface area (Å²) >= 11 is 1.30.